The molecule has 3 aromatic rings. The van der Waals surface area contributed by atoms with Crippen molar-refractivity contribution >= 4 is 17.8 Å². The Morgan fingerprint density at radius 1 is 0.727 bits per heavy atom. The molecule has 0 bridgehead atoms. The van der Waals surface area contributed by atoms with Gasteiger partial charge in [-0.15, -0.1) is 0 Å². The minimum atomic E-state index is -2.78. The maximum Gasteiger partial charge on any atom is 0.147 e. The number of hydrogen-bond acceptors (Lipinski definition) is 2. The molecule has 1 N–H and O–H groups in total. The first-order chi connectivity index (χ1) is 10.7. The second-order valence-electron chi connectivity index (χ2n) is 5.24. The molecule has 3 rings (SSSR count). The van der Waals surface area contributed by atoms with Crippen LogP contribution in [0, 0.1) is 0 Å². The van der Waals surface area contributed by atoms with Crippen LogP contribution in [0.3, 0.4) is 0 Å². The topological polar surface area (TPSA) is 37.3 Å². The van der Waals surface area contributed by atoms with Gasteiger partial charge in [-0.1, -0.05) is 72.8 Å². The molecule has 0 spiro atoms. The number of aromatic hydroxyl groups is 1. The molecule has 0 aromatic heterocycles. The first-order valence-corrected chi connectivity index (χ1v) is 9.06. The van der Waals surface area contributed by atoms with Crippen LogP contribution < -0.4 is 10.6 Å². The van der Waals surface area contributed by atoms with Crippen molar-refractivity contribution in [3.63, 3.8) is 0 Å². The molecule has 110 valence electrons. The van der Waals surface area contributed by atoms with Gasteiger partial charge < -0.3 is 9.67 Å². The SMILES string of the molecule is O=P(Cc1cccc(O)c1)(c1ccccc1)c1ccccc1. The predicted molar refractivity (Wildman–Crippen MR) is 91.6 cm³/mol. The smallest absolute Gasteiger partial charge is 0.147 e. The lowest BCUT2D eigenvalue weighted by Crippen LogP contribution is -2.17. The summed E-state index contributed by atoms with van der Waals surface area (Å²) in [5.74, 6) is 0.199. The standard InChI is InChI=1S/C19H17O2P/c20-17-9-7-8-16(14-17)15-22(21,18-10-3-1-4-11-18)19-12-5-2-6-13-19/h1-14,20H,15H2. The Kier molecular flexibility index (Phi) is 4.13. The second-order valence-corrected chi connectivity index (χ2v) is 8.07. The van der Waals surface area contributed by atoms with Crippen LogP contribution in [0.25, 0.3) is 0 Å². The van der Waals surface area contributed by atoms with Gasteiger partial charge in [-0.3, -0.25) is 0 Å². The van der Waals surface area contributed by atoms with Crippen molar-refractivity contribution in [3.8, 4) is 5.75 Å². The Balaban J connectivity index is 2.10. The Morgan fingerprint density at radius 2 is 1.27 bits per heavy atom. The van der Waals surface area contributed by atoms with Gasteiger partial charge in [0.25, 0.3) is 0 Å². The van der Waals surface area contributed by atoms with E-state index in [-0.39, 0.29) is 5.75 Å². The van der Waals surface area contributed by atoms with Crippen molar-refractivity contribution in [1.29, 1.82) is 0 Å². The predicted octanol–water partition coefficient (Wildman–Crippen LogP) is 3.91. The lowest BCUT2D eigenvalue weighted by molar-refractivity contribution is 0.475. The highest BCUT2D eigenvalue weighted by molar-refractivity contribution is 7.78. The molecule has 0 heterocycles. The van der Waals surface area contributed by atoms with Crippen LogP contribution in [-0.2, 0) is 10.7 Å². The molecule has 2 nitrogen and oxygen atoms in total. The van der Waals surface area contributed by atoms with Gasteiger partial charge in [0, 0.05) is 16.8 Å². The fraction of sp³-hybridized carbons (Fsp3) is 0.0526. The normalized spacial score (nSPS) is 11.3. The quantitative estimate of drug-likeness (QED) is 0.742. The summed E-state index contributed by atoms with van der Waals surface area (Å²) in [7, 11) is -2.78. The molecule has 0 fully saturated rings. The Bertz CT molecular complexity index is 754. The maximum atomic E-state index is 13.8. The molecule has 0 amide bonds. The summed E-state index contributed by atoms with van der Waals surface area (Å²) in [6, 6.07) is 26.1. The van der Waals surface area contributed by atoms with Crippen LogP contribution in [0.2, 0.25) is 0 Å². The van der Waals surface area contributed by atoms with E-state index < -0.39 is 7.14 Å². The zero-order valence-corrected chi connectivity index (χ0v) is 13.0. The summed E-state index contributed by atoms with van der Waals surface area (Å²) in [5, 5.41) is 11.3. The second kappa shape index (κ2) is 6.21. The van der Waals surface area contributed by atoms with Crippen molar-refractivity contribution in [2.45, 2.75) is 6.16 Å². The van der Waals surface area contributed by atoms with E-state index in [2.05, 4.69) is 0 Å². The van der Waals surface area contributed by atoms with Gasteiger partial charge >= 0.3 is 0 Å². The highest BCUT2D eigenvalue weighted by Crippen LogP contribution is 2.47. The molecule has 0 saturated heterocycles. The van der Waals surface area contributed by atoms with Crippen molar-refractivity contribution in [2.24, 2.45) is 0 Å². The van der Waals surface area contributed by atoms with Crippen LogP contribution >= 0.6 is 7.14 Å². The van der Waals surface area contributed by atoms with E-state index in [1.54, 1.807) is 18.2 Å². The molecular weight excluding hydrogens is 291 g/mol. The molecule has 3 aromatic carbocycles. The van der Waals surface area contributed by atoms with E-state index in [0.29, 0.717) is 6.16 Å². The Morgan fingerprint density at radius 3 is 1.77 bits per heavy atom. The zero-order chi connectivity index (χ0) is 15.4. The average molecular weight is 308 g/mol. The monoisotopic (exact) mass is 308 g/mol. The zero-order valence-electron chi connectivity index (χ0n) is 12.1. The van der Waals surface area contributed by atoms with E-state index in [1.807, 2.05) is 66.7 Å². The van der Waals surface area contributed by atoms with Crippen LogP contribution in [0.15, 0.2) is 84.9 Å². The molecule has 0 aliphatic carbocycles. The number of phenolic OH excluding ortho intramolecular Hbond substituents is 1. The molecule has 3 heteroatoms. The molecule has 22 heavy (non-hydrogen) atoms. The lowest BCUT2D eigenvalue weighted by atomic mass is 10.2. The van der Waals surface area contributed by atoms with Crippen LogP contribution in [-0.4, -0.2) is 5.11 Å². The third-order valence-corrected chi connectivity index (χ3v) is 6.74. The largest absolute Gasteiger partial charge is 0.508 e. The number of rotatable bonds is 4. The van der Waals surface area contributed by atoms with E-state index in [1.165, 1.54) is 0 Å². The van der Waals surface area contributed by atoms with Crippen LogP contribution in [0.5, 0.6) is 5.75 Å². The van der Waals surface area contributed by atoms with Gasteiger partial charge in [0.05, 0.1) is 0 Å². The summed E-state index contributed by atoms with van der Waals surface area (Å²) in [4.78, 5) is 0. The number of hydrogen-bond donors (Lipinski definition) is 1. The van der Waals surface area contributed by atoms with Crippen LogP contribution in [0.4, 0.5) is 0 Å². The van der Waals surface area contributed by atoms with Crippen molar-refractivity contribution in [1.82, 2.24) is 0 Å². The summed E-state index contributed by atoms with van der Waals surface area (Å²) >= 11 is 0. The van der Waals surface area contributed by atoms with Crippen molar-refractivity contribution in [2.75, 3.05) is 0 Å². The van der Waals surface area contributed by atoms with Crippen LogP contribution in [0.1, 0.15) is 5.56 Å². The van der Waals surface area contributed by atoms with Gasteiger partial charge in [-0.2, -0.15) is 0 Å². The molecule has 0 aliphatic heterocycles. The molecule has 0 atom stereocenters. The van der Waals surface area contributed by atoms with Gasteiger partial charge in [-0.05, 0) is 17.7 Å². The summed E-state index contributed by atoms with van der Waals surface area (Å²) in [5.41, 5.74) is 0.871. The van der Waals surface area contributed by atoms with Crippen molar-refractivity contribution in [3.05, 3.63) is 90.5 Å². The van der Waals surface area contributed by atoms with Gasteiger partial charge in [0.1, 0.15) is 12.9 Å². The third-order valence-electron chi connectivity index (χ3n) is 3.66. The number of phenols is 1. The highest BCUT2D eigenvalue weighted by atomic mass is 31.2. The van der Waals surface area contributed by atoms with Gasteiger partial charge in [-0.25, -0.2) is 0 Å². The Labute approximate surface area is 130 Å². The molecule has 0 radical (unpaired) electrons. The summed E-state index contributed by atoms with van der Waals surface area (Å²) in [6.07, 6.45) is 0.398. The van der Waals surface area contributed by atoms with E-state index >= 15 is 0 Å². The maximum absolute atomic E-state index is 13.8. The first-order valence-electron chi connectivity index (χ1n) is 7.17. The fourth-order valence-electron chi connectivity index (χ4n) is 2.58. The summed E-state index contributed by atoms with van der Waals surface area (Å²) in [6.45, 7) is 0. The molecule has 0 saturated carbocycles. The molecule has 0 aliphatic rings. The Hall–Kier alpha value is -2.31. The molecular formula is C19H17O2P. The van der Waals surface area contributed by atoms with Gasteiger partial charge in [0.15, 0.2) is 0 Å². The highest BCUT2D eigenvalue weighted by Gasteiger charge is 2.27. The van der Waals surface area contributed by atoms with Crippen molar-refractivity contribution < 1.29 is 9.67 Å². The minimum absolute atomic E-state index is 0.199. The minimum Gasteiger partial charge on any atom is -0.508 e. The average Bonchev–Trinajstić information content (AvgIpc) is 2.56. The van der Waals surface area contributed by atoms with E-state index in [4.69, 9.17) is 0 Å². The molecule has 0 unspecified atom stereocenters. The van der Waals surface area contributed by atoms with Gasteiger partial charge in [0.2, 0.25) is 0 Å². The van der Waals surface area contributed by atoms with E-state index in [9.17, 15) is 9.67 Å². The summed E-state index contributed by atoms with van der Waals surface area (Å²) < 4.78 is 13.8. The third kappa shape index (κ3) is 2.98. The number of benzene rings is 3. The fourth-order valence-corrected chi connectivity index (χ4v) is 5.26. The first kappa shape index (κ1) is 14.6. The lowest BCUT2D eigenvalue weighted by Gasteiger charge is -2.19. The van der Waals surface area contributed by atoms with E-state index in [0.717, 1.165) is 16.2 Å².